The predicted molar refractivity (Wildman–Crippen MR) is 52.0 cm³/mol. The van der Waals surface area contributed by atoms with Crippen LogP contribution in [0.15, 0.2) is 24.3 Å². The van der Waals surface area contributed by atoms with Crippen LogP contribution in [0.25, 0.3) is 0 Å². The minimum Gasteiger partial charge on any atom is -0.494 e. The summed E-state index contributed by atoms with van der Waals surface area (Å²) in [6.45, 7) is 2.70. The molecule has 0 saturated heterocycles. The van der Waals surface area contributed by atoms with E-state index in [2.05, 4.69) is 4.74 Å². The van der Waals surface area contributed by atoms with Crippen LogP contribution in [0, 0.1) is 0 Å². The highest BCUT2D eigenvalue weighted by Crippen LogP contribution is 2.13. The Hall–Kier alpha value is -1.71. The summed E-state index contributed by atoms with van der Waals surface area (Å²) in [5.41, 5.74) is 5.70. The number of primary amides is 1. The highest BCUT2D eigenvalue weighted by atomic mass is 16.5. The van der Waals surface area contributed by atoms with Crippen molar-refractivity contribution in [1.29, 1.82) is 0 Å². The fraction of sp³-hybridized carbons (Fsp3) is 0.300. The van der Waals surface area contributed by atoms with Gasteiger partial charge in [-0.15, -0.1) is 0 Å². The van der Waals surface area contributed by atoms with Gasteiger partial charge in [-0.3, -0.25) is 0 Å². The summed E-state index contributed by atoms with van der Waals surface area (Å²) in [5, 5.41) is 0. The zero-order valence-electron chi connectivity index (χ0n) is 8.03. The van der Waals surface area contributed by atoms with E-state index in [-0.39, 0.29) is 6.61 Å². The second kappa shape index (κ2) is 5.11. The second-order valence-corrected chi connectivity index (χ2v) is 2.69. The SMILES string of the molecule is CCOc1cccc(COC(N)=O)c1. The number of benzene rings is 1. The maximum atomic E-state index is 10.4. The van der Waals surface area contributed by atoms with Gasteiger partial charge in [-0.25, -0.2) is 4.79 Å². The van der Waals surface area contributed by atoms with Crippen molar-refractivity contribution in [3.63, 3.8) is 0 Å². The third kappa shape index (κ3) is 3.35. The first-order valence-electron chi connectivity index (χ1n) is 4.36. The van der Waals surface area contributed by atoms with Crippen molar-refractivity contribution >= 4 is 6.09 Å². The van der Waals surface area contributed by atoms with E-state index in [4.69, 9.17) is 10.5 Å². The van der Waals surface area contributed by atoms with Gasteiger partial charge in [0.2, 0.25) is 0 Å². The van der Waals surface area contributed by atoms with E-state index in [1.807, 2.05) is 31.2 Å². The van der Waals surface area contributed by atoms with Gasteiger partial charge in [-0.1, -0.05) is 12.1 Å². The van der Waals surface area contributed by atoms with Gasteiger partial charge < -0.3 is 15.2 Å². The lowest BCUT2D eigenvalue weighted by Crippen LogP contribution is -2.12. The molecule has 0 fully saturated rings. The summed E-state index contributed by atoms with van der Waals surface area (Å²) >= 11 is 0. The zero-order chi connectivity index (χ0) is 10.4. The molecule has 76 valence electrons. The summed E-state index contributed by atoms with van der Waals surface area (Å²) < 4.78 is 9.93. The van der Waals surface area contributed by atoms with Gasteiger partial charge in [-0.05, 0) is 24.6 Å². The summed E-state index contributed by atoms with van der Waals surface area (Å²) in [6.07, 6.45) is -0.771. The van der Waals surface area contributed by atoms with Gasteiger partial charge >= 0.3 is 6.09 Å². The summed E-state index contributed by atoms with van der Waals surface area (Å²) in [7, 11) is 0. The van der Waals surface area contributed by atoms with Gasteiger partial charge in [0.1, 0.15) is 12.4 Å². The molecule has 0 heterocycles. The molecule has 0 atom stereocenters. The predicted octanol–water partition coefficient (Wildman–Crippen LogP) is 1.68. The minimum atomic E-state index is -0.771. The molecule has 0 spiro atoms. The molecule has 0 aliphatic carbocycles. The molecule has 0 saturated carbocycles. The van der Waals surface area contributed by atoms with Crippen molar-refractivity contribution in [2.45, 2.75) is 13.5 Å². The molecule has 14 heavy (non-hydrogen) atoms. The van der Waals surface area contributed by atoms with E-state index in [0.29, 0.717) is 6.61 Å². The first-order chi connectivity index (χ1) is 6.72. The quantitative estimate of drug-likeness (QED) is 0.795. The summed E-state index contributed by atoms with van der Waals surface area (Å²) in [5.74, 6) is 0.762. The van der Waals surface area contributed by atoms with Crippen molar-refractivity contribution in [1.82, 2.24) is 0 Å². The Labute approximate surface area is 82.6 Å². The van der Waals surface area contributed by atoms with Gasteiger partial charge in [-0.2, -0.15) is 0 Å². The van der Waals surface area contributed by atoms with Crippen LogP contribution in [-0.2, 0) is 11.3 Å². The Morgan fingerprint density at radius 1 is 1.50 bits per heavy atom. The molecule has 1 amide bonds. The Kier molecular flexibility index (Phi) is 3.79. The van der Waals surface area contributed by atoms with Crippen LogP contribution in [0.5, 0.6) is 5.75 Å². The Balaban J connectivity index is 2.58. The average molecular weight is 195 g/mol. The molecule has 0 radical (unpaired) electrons. The van der Waals surface area contributed by atoms with E-state index < -0.39 is 6.09 Å². The Bertz CT molecular complexity index is 312. The average Bonchev–Trinajstić information content (AvgIpc) is 2.16. The lowest BCUT2D eigenvalue weighted by molar-refractivity contribution is 0.150. The Morgan fingerprint density at radius 2 is 2.29 bits per heavy atom. The summed E-state index contributed by atoms with van der Waals surface area (Å²) in [4.78, 5) is 10.4. The van der Waals surface area contributed by atoms with Crippen LogP contribution in [0.1, 0.15) is 12.5 Å². The molecule has 4 heteroatoms. The monoisotopic (exact) mass is 195 g/mol. The maximum Gasteiger partial charge on any atom is 0.404 e. The number of nitrogens with two attached hydrogens (primary N) is 1. The molecule has 1 aromatic carbocycles. The number of carbonyl (C=O) groups excluding carboxylic acids is 1. The van der Waals surface area contributed by atoms with E-state index in [0.717, 1.165) is 11.3 Å². The van der Waals surface area contributed by atoms with Gasteiger partial charge in [0.05, 0.1) is 6.61 Å². The molecule has 0 aliphatic heterocycles. The molecule has 1 rings (SSSR count). The number of hydrogen-bond donors (Lipinski definition) is 1. The molecule has 1 aromatic rings. The number of hydrogen-bond acceptors (Lipinski definition) is 3. The highest BCUT2D eigenvalue weighted by Gasteiger charge is 1.98. The Morgan fingerprint density at radius 3 is 2.93 bits per heavy atom. The molecule has 0 aliphatic rings. The normalized spacial score (nSPS) is 9.50. The topological polar surface area (TPSA) is 61.6 Å². The minimum absolute atomic E-state index is 0.177. The van der Waals surface area contributed by atoms with Crippen molar-refractivity contribution < 1.29 is 14.3 Å². The number of ether oxygens (including phenoxy) is 2. The fourth-order valence-corrected chi connectivity index (χ4v) is 1.05. The molecule has 4 nitrogen and oxygen atoms in total. The fourth-order valence-electron chi connectivity index (χ4n) is 1.05. The molecule has 2 N–H and O–H groups in total. The molecular formula is C10H13NO3. The third-order valence-electron chi connectivity index (χ3n) is 1.59. The van der Waals surface area contributed by atoms with Gasteiger partial charge in [0.15, 0.2) is 0 Å². The maximum absolute atomic E-state index is 10.4. The molecule has 0 bridgehead atoms. The van der Waals surface area contributed by atoms with Crippen molar-refractivity contribution in [2.24, 2.45) is 5.73 Å². The van der Waals surface area contributed by atoms with Gasteiger partial charge in [0, 0.05) is 0 Å². The molecular weight excluding hydrogens is 182 g/mol. The van der Waals surface area contributed by atoms with E-state index in [1.165, 1.54) is 0 Å². The van der Waals surface area contributed by atoms with E-state index >= 15 is 0 Å². The lowest BCUT2D eigenvalue weighted by Gasteiger charge is -2.05. The van der Waals surface area contributed by atoms with Crippen LogP contribution >= 0.6 is 0 Å². The largest absolute Gasteiger partial charge is 0.494 e. The van der Waals surface area contributed by atoms with Crippen molar-refractivity contribution in [3.05, 3.63) is 29.8 Å². The highest BCUT2D eigenvalue weighted by molar-refractivity contribution is 5.64. The van der Waals surface area contributed by atoms with Crippen LogP contribution in [-0.4, -0.2) is 12.7 Å². The van der Waals surface area contributed by atoms with Crippen molar-refractivity contribution in [2.75, 3.05) is 6.61 Å². The number of amides is 1. The first-order valence-corrected chi connectivity index (χ1v) is 4.36. The number of rotatable bonds is 4. The molecule has 0 aromatic heterocycles. The third-order valence-corrected chi connectivity index (χ3v) is 1.59. The van der Waals surface area contributed by atoms with Crippen LogP contribution in [0.3, 0.4) is 0 Å². The van der Waals surface area contributed by atoms with E-state index in [1.54, 1.807) is 0 Å². The van der Waals surface area contributed by atoms with Crippen LogP contribution in [0.2, 0.25) is 0 Å². The van der Waals surface area contributed by atoms with Gasteiger partial charge in [0.25, 0.3) is 0 Å². The standard InChI is InChI=1S/C10H13NO3/c1-2-13-9-5-3-4-8(6-9)7-14-10(11)12/h3-6H,2,7H2,1H3,(H2,11,12). The first kappa shape index (κ1) is 10.4. The smallest absolute Gasteiger partial charge is 0.404 e. The second-order valence-electron chi connectivity index (χ2n) is 2.69. The zero-order valence-corrected chi connectivity index (χ0v) is 8.03. The van der Waals surface area contributed by atoms with Crippen LogP contribution in [0.4, 0.5) is 4.79 Å². The number of carbonyl (C=O) groups is 1. The molecule has 0 unspecified atom stereocenters. The van der Waals surface area contributed by atoms with Crippen molar-refractivity contribution in [3.8, 4) is 5.75 Å². The van der Waals surface area contributed by atoms with E-state index in [9.17, 15) is 4.79 Å². The lowest BCUT2D eigenvalue weighted by atomic mass is 10.2. The van der Waals surface area contributed by atoms with Crippen LogP contribution < -0.4 is 10.5 Å². The summed E-state index contributed by atoms with van der Waals surface area (Å²) in [6, 6.07) is 7.33.